The van der Waals surface area contributed by atoms with E-state index in [9.17, 15) is 19.0 Å². The Morgan fingerprint density at radius 3 is 1.32 bits per heavy atom. The number of phosphoric ester groups is 1. The van der Waals surface area contributed by atoms with Gasteiger partial charge >= 0.3 is 19.8 Å². The summed E-state index contributed by atoms with van der Waals surface area (Å²) in [6.45, 7) is 3.55. The Labute approximate surface area is 380 Å². The maximum Gasteiger partial charge on any atom is 0.472 e. The number of nitrogens with two attached hydrogens (primary N) is 1. The van der Waals surface area contributed by atoms with E-state index in [1.165, 1.54) is 89.9 Å². The minimum absolute atomic E-state index is 0.0528. The molecule has 0 aliphatic carbocycles. The van der Waals surface area contributed by atoms with Gasteiger partial charge in [-0.1, -0.05) is 209 Å². The first-order valence-corrected chi connectivity index (χ1v) is 26.4. The fourth-order valence-electron chi connectivity index (χ4n) is 6.70. The molecule has 0 bridgehead atoms. The van der Waals surface area contributed by atoms with Crippen LogP contribution in [0.3, 0.4) is 0 Å². The lowest BCUT2D eigenvalue weighted by molar-refractivity contribution is -0.161. The molecule has 0 aliphatic rings. The van der Waals surface area contributed by atoms with E-state index in [2.05, 4.69) is 86.8 Å². The molecule has 3 N–H and O–H groups in total. The van der Waals surface area contributed by atoms with Crippen molar-refractivity contribution in [1.29, 1.82) is 0 Å². The number of rotatable bonds is 46. The molecule has 62 heavy (non-hydrogen) atoms. The first-order chi connectivity index (χ1) is 30.3. The second-order valence-corrected chi connectivity index (χ2v) is 17.8. The average Bonchev–Trinajstić information content (AvgIpc) is 3.26. The number of esters is 2. The average molecular weight is 890 g/mol. The highest BCUT2D eigenvalue weighted by molar-refractivity contribution is 7.47. The number of phosphoric acid groups is 1. The fraction of sp³-hybridized carbons (Fsp3) is 0.731. The predicted octanol–water partition coefficient (Wildman–Crippen LogP) is 15.0. The summed E-state index contributed by atoms with van der Waals surface area (Å²) in [5, 5.41) is 0. The molecular weight excluding hydrogens is 798 g/mol. The summed E-state index contributed by atoms with van der Waals surface area (Å²) >= 11 is 0. The smallest absolute Gasteiger partial charge is 0.462 e. The predicted molar refractivity (Wildman–Crippen MR) is 261 cm³/mol. The van der Waals surface area contributed by atoms with Crippen LogP contribution in [0.5, 0.6) is 0 Å². The van der Waals surface area contributed by atoms with E-state index in [-0.39, 0.29) is 32.6 Å². The summed E-state index contributed by atoms with van der Waals surface area (Å²) in [5.74, 6) is -0.837. The molecule has 9 nitrogen and oxygen atoms in total. The number of hydrogen-bond acceptors (Lipinski definition) is 8. The van der Waals surface area contributed by atoms with Crippen molar-refractivity contribution in [2.45, 2.75) is 219 Å². The SMILES string of the molecule is CC/C=C\C/C=C\C/C=C\C/C=C\C/C=C\C/C=C\CCCCCCCCCCCCCCCCCCC(=O)OC(COC(=O)CCCCCCCC)COP(=O)(O)OCCN. The summed E-state index contributed by atoms with van der Waals surface area (Å²) in [5.41, 5.74) is 5.34. The van der Waals surface area contributed by atoms with E-state index in [0.717, 1.165) is 89.9 Å². The Kier molecular flexibility index (Phi) is 45.9. The molecule has 0 radical (unpaired) electrons. The number of ether oxygens (including phenoxy) is 2. The molecule has 0 aromatic heterocycles. The van der Waals surface area contributed by atoms with E-state index in [0.29, 0.717) is 6.42 Å². The van der Waals surface area contributed by atoms with E-state index in [4.69, 9.17) is 24.3 Å². The molecule has 0 saturated heterocycles. The Hall–Kier alpha value is -2.55. The normalized spacial score (nSPS) is 13.8. The van der Waals surface area contributed by atoms with Crippen LogP contribution in [0, 0.1) is 0 Å². The molecule has 0 saturated carbocycles. The number of hydrogen-bond donors (Lipinski definition) is 2. The molecule has 0 aromatic rings. The van der Waals surface area contributed by atoms with E-state index in [1.807, 2.05) is 0 Å². The van der Waals surface area contributed by atoms with Crippen molar-refractivity contribution in [1.82, 2.24) is 0 Å². The molecule has 10 heteroatoms. The summed E-state index contributed by atoms with van der Waals surface area (Å²) in [4.78, 5) is 34.7. The maximum absolute atomic E-state index is 12.6. The largest absolute Gasteiger partial charge is 0.472 e. The Bertz CT molecular complexity index is 1240. The van der Waals surface area contributed by atoms with Crippen molar-refractivity contribution in [2.24, 2.45) is 5.73 Å². The Morgan fingerprint density at radius 2 is 0.887 bits per heavy atom. The monoisotopic (exact) mass is 890 g/mol. The van der Waals surface area contributed by atoms with Gasteiger partial charge in [0.1, 0.15) is 6.61 Å². The van der Waals surface area contributed by atoms with Gasteiger partial charge in [0.15, 0.2) is 6.10 Å². The van der Waals surface area contributed by atoms with Crippen molar-refractivity contribution in [3.63, 3.8) is 0 Å². The highest BCUT2D eigenvalue weighted by Crippen LogP contribution is 2.43. The molecule has 0 aliphatic heterocycles. The van der Waals surface area contributed by atoms with Gasteiger partial charge in [-0.05, 0) is 64.2 Å². The van der Waals surface area contributed by atoms with Crippen molar-refractivity contribution in [2.75, 3.05) is 26.4 Å². The lowest BCUT2D eigenvalue weighted by Crippen LogP contribution is -2.29. The topological polar surface area (TPSA) is 134 Å². The Morgan fingerprint density at radius 1 is 0.500 bits per heavy atom. The van der Waals surface area contributed by atoms with Crippen LogP contribution in [0.4, 0.5) is 0 Å². The number of allylic oxidation sites excluding steroid dienone is 12. The second kappa shape index (κ2) is 47.9. The number of carbonyl (C=O) groups is 2. The van der Waals surface area contributed by atoms with E-state index >= 15 is 0 Å². The summed E-state index contributed by atoms with van der Waals surface area (Å²) < 4.78 is 32.6. The lowest BCUT2D eigenvalue weighted by atomic mass is 10.0. The molecular formula is C52H92NO8P. The van der Waals surface area contributed by atoms with Crippen molar-refractivity contribution in [3.05, 3.63) is 72.9 Å². The van der Waals surface area contributed by atoms with Crippen LogP contribution < -0.4 is 5.73 Å². The van der Waals surface area contributed by atoms with Crippen LogP contribution >= 0.6 is 7.82 Å². The lowest BCUT2D eigenvalue weighted by Gasteiger charge is -2.19. The first-order valence-electron chi connectivity index (χ1n) is 24.9. The third kappa shape index (κ3) is 46.9. The zero-order valence-corrected chi connectivity index (χ0v) is 40.5. The highest BCUT2D eigenvalue weighted by Gasteiger charge is 2.26. The minimum atomic E-state index is -4.37. The summed E-state index contributed by atoms with van der Waals surface area (Å²) in [7, 11) is -4.37. The molecule has 0 spiro atoms. The summed E-state index contributed by atoms with van der Waals surface area (Å²) in [6, 6.07) is 0. The molecule has 0 rings (SSSR count). The van der Waals surface area contributed by atoms with Crippen molar-refractivity contribution in [3.8, 4) is 0 Å². The van der Waals surface area contributed by atoms with Gasteiger partial charge in [0.25, 0.3) is 0 Å². The van der Waals surface area contributed by atoms with E-state index < -0.39 is 32.5 Å². The second-order valence-electron chi connectivity index (χ2n) is 16.3. The highest BCUT2D eigenvalue weighted by atomic mass is 31.2. The molecule has 358 valence electrons. The van der Waals surface area contributed by atoms with Crippen molar-refractivity contribution < 1.29 is 37.6 Å². The van der Waals surface area contributed by atoms with Gasteiger partial charge in [0.05, 0.1) is 13.2 Å². The molecule has 2 atom stereocenters. The molecule has 0 amide bonds. The minimum Gasteiger partial charge on any atom is -0.462 e. The van der Waals surface area contributed by atoms with Crippen LogP contribution in [0.1, 0.15) is 213 Å². The molecule has 0 aromatic carbocycles. The fourth-order valence-corrected chi connectivity index (χ4v) is 7.46. The maximum atomic E-state index is 12.6. The summed E-state index contributed by atoms with van der Waals surface area (Å²) in [6.07, 6.45) is 60.0. The van der Waals surface area contributed by atoms with Gasteiger partial charge in [-0.3, -0.25) is 18.6 Å². The third-order valence-corrected chi connectivity index (χ3v) is 11.3. The first kappa shape index (κ1) is 59.5. The zero-order valence-electron chi connectivity index (χ0n) is 39.6. The van der Waals surface area contributed by atoms with Crippen LogP contribution in [0.25, 0.3) is 0 Å². The van der Waals surface area contributed by atoms with Crippen LogP contribution in [0.15, 0.2) is 72.9 Å². The third-order valence-electron chi connectivity index (χ3n) is 10.4. The van der Waals surface area contributed by atoms with Gasteiger partial charge < -0.3 is 20.1 Å². The van der Waals surface area contributed by atoms with Crippen molar-refractivity contribution >= 4 is 19.8 Å². The van der Waals surface area contributed by atoms with E-state index in [1.54, 1.807) is 0 Å². The number of unbranched alkanes of at least 4 members (excludes halogenated alkanes) is 21. The molecule has 2 unspecified atom stereocenters. The standard InChI is InChI=1S/C52H92NO8P/c1-3-5-7-9-11-12-13-14-15-16-17-18-19-20-21-22-23-24-25-26-27-28-29-30-31-32-33-34-35-36-37-38-39-41-43-45-52(55)61-50(49-60-62(56,57)59-47-46-53)48-58-51(54)44-42-40-10-8-6-4-2/h5,7,11-12,14-15,17-18,20-21,23-24,50H,3-4,6,8-10,13,16,19,22,25-49,53H2,1-2H3,(H,56,57)/b7-5-,12-11-,15-14-,18-17-,21-20-,24-23-. The van der Waals surface area contributed by atoms with Gasteiger partial charge in [-0.15, -0.1) is 0 Å². The molecule has 0 fully saturated rings. The van der Waals surface area contributed by atoms with Crippen LogP contribution in [-0.4, -0.2) is 49.3 Å². The zero-order chi connectivity index (χ0) is 45.3. The van der Waals surface area contributed by atoms with Crippen LogP contribution in [-0.2, 0) is 32.7 Å². The quantitative estimate of drug-likeness (QED) is 0.0265. The molecule has 0 heterocycles. The van der Waals surface area contributed by atoms with Gasteiger partial charge in [-0.25, -0.2) is 4.57 Å². The Balaban J connectivity index is 3.79. The van der Waals surface area contributed by atoms with Gasteiger partial charge in [0.2, 0.25) is 0 Å². The van der Waals surface area contributed by atoms with Gasteiger partial charge in [-0.2, -0.15) is 0 Å². The van der Waals surface area contributed by atoms with Gasteiger partial charge in [0, 0.05) is 19.4 Å². The van der Waals surface area contributed by atoms with Crippen LogP contribution in [0.2, 0.25) is 0 Å². The number of carbonyl (C=O) groups excluding carboxylic acids is 2.